The van der Waals surface area contributed by atoms with E-state index in [0.717, 1.165) is 6.07 Å². The van der Waals surface area contributed by atoms with Crippen LogP contribution in [0.5, 0.6) is 0 Å². The Hall–Kier alpha value is -1.06. The fourth-order valence-electron chi connectivity index (χ4n) is 0.582. The summed E-state index contributed by atoms with van der Waals surface area (Å²) in [5.41, 5.74) is -0.890. The van der Waals surface area contributed by atoms with Crippen LogP contribution in [-0.4, -0.2) is 0 Å². The normalized spacial score (nSPS) is 11.6. The maximum Gasteiger partial charge on any atom is 0.416 e. The molecule has 0 fully saturated rings. The van der Waals surface area contributed by atoms with Crippen molar-refractivity contribution in [3.63, 3.8) is 0 Å². The van der Waals surface area contributed by atoms with Crippen LogP contribution in [-0.2, 0) is 6.18 Å². The number of rotatable bonds is 0. The zero-order valence-corrected chi connectivity index (χ0v) is 5.24. The molecule has 1 aromatic rings. The van der Waals surface area contributed by atoms with E-state index in [9.17, 15) is 17.6 Å². The van der Waals surface area contributed by atoms with E-state index >= 15 is 0 Å². The van der Waals surface area contributed by atoms with Gasteiger partial charge in [0, 0.05) is 6.07 Å². The summed E-state index contributed by atoms with van der Waals surface area (Å²) in [6, 6.07) is 3.80. The fraction of sp³-hybridized carbons (Fsp3) is 0.143. The van der Waals surface area contributed by atoms with E-state index in [4.69, 9.17) is 0 Å². The van der Waals surface area contributed by atoms with Gasteiger partial charge in [0.05, 0.1) is 5.56 Å². The summed E-state index contributed by atoms with van der Waals surface area (Å²) in [4.78, 5) is 0. The van der Waals surface area contributed by atoms with Crippen LogP contribution in [0.4, 0.5) is 17.6 Å². The summed E-state index contributed by atoms with van der Waals surface area (Å²) in [7, 11) is 0. The minimum absolute atomic E-state index is 0.579. The lowest BCUT2D eigenvalue weighted by atomic mass is 10.2. The third-order valence-electron chi connectivity index (χ3n) is 1.10. The number of halogens is 4. The van der Waals surface area contributed by atoms with E-state index in [0.29, 0.717) is 12.1 Å². The average molecular weight is 163 g/mol. The minimum atomic E-state index is -4.41. The van der Waals surface area contributed by atoms with Crippen molar-refractivity contribution in [1.29, 1.82) is 0 Å². The van der Waals surface area contributed by atoms with Crippen molar-refractivity contribution in [3.05, 3.63) is 35.6 Å². The molecule has 11 heavy (non-hydrogen) atoms. The van der Waals surface area contributed by atoms with Crippen molar-refractivity contribution in [2.75, 3.05) is 0 Å². The van der Waals surface area contributed by atoms with Crippen molar-refractivity contribution in [3.8, 4) is 0 Å². The van der Waals surface area contributed by atoms with Crippen LogP contribution in [0.15, 0.2) is 18.2 Å². The molecular weight excluding hydrogens is 160 g/mol. The average Bonchev–Trinajstić information content (AvgIpc) is 1.86. The van der Waals surface area contributed by atoms with Crippen molar-refractivity contribution in [1.82, 2.24) is 0 Å². The third kappa shape index (κ3) is 1.93. The third-order valence-corrected chi connectivity index (χ3v) is 1.10. The Balaban J connectivity index is 2.99. The Morgan fingerprint density at radius 2 is 1.82 bits per heavy atom. The van der Waals surface area contributed by atoms with Crippen molar-refractivity contribution in [2.45, 2.75) is 6.18 Å². The van der Waals surface area contributed by atoms with Gasteiger partial charge in [-0.3, -0.25) is 0 Å². The highest BCUT2D eigenvalue weighted by molar-refractivity contribution is 5.17. The highest BCUT2D eigenvalue weighted by Gasteiger charge is 2.29. The van der Waals surface area contributed by atoms with Gasteiger partial charge in [-0.15, -0.1) is 0 Å². The van der Waals surface area contributed by atoms with Gasteiger partial charge in [-0.1, -0.05) is 0 Å². The first-order valence-corrected chi connectivity index (χ1v) is 2.74. The predicted octanol–water partition coefficient (Wildman–Crippen LogP) is 2.64. The van der Waals surface area contributed by atoms with Crippen LogP contribution < -0.4 is 0 Å². The Kier molecular flexibility index (Phi) is 1.85. The molecule has 1 aromatic carbocycles. The van der Waals surface area contributed by atoms with Crippen LogP contribution >= 0.6 is 0 Å². The molecule has 0 nitrogen and oxygen atoms in total. The van der Waals surface area contributed by atoms with Crippen LogP contribution in [0.3, 0.4) is 0 Å². The Labute approximate surface area is 60.5 Å². The Morgan fingerprint density at radius 1 is 1.18 bits per heavy atom. The monoisotopic (exact) mass is 163 g/mol. The molecule has 0 aliphatic rings. The summed E-state index contributed by atoms with van der Waals surface area (Å²) in [5, 5.41) is 0. The van der Waals surface area contributed by atoms with E-state index in [1.807, 2.05) is 6.07 Å². The van der Waals surface area contributed by atoms with Gasteiger partial charge in [-0.25, -0.2) is 4.39 Å². The zero-order chi connectivity index (χ0) is 8.48. The lowest BCUT2D eigenvalue weighted by molar-refractivity contribution is -0.137. The highest BCUT2D eigenvalue weighted by Crippen LogP contribution is 2.28. The second-order valence-corrected chi connectivity index (χ2v) is 1.92. The first-order valence-electron chi connectivity index (χ1n) is 2.74. The van der Waals surface area contributed by atoms with Gasteiger partial charge in [-0.05, 0) is 18.2 Å². The second-order valence-electron chi connectivity index (χ2n) is 1.92. The van der Waals surface area contributed by atoms with E-state index in [-0.39, 0.29) is 0 Å². The van der Waals surface area contributed by atoms with E-state index in [1.54, 1.807) is 0 Å². The molecule has 0 aliphatic heterocycles. The molecule has 0 aliphatic carbocycles. The number of hydrogen-bond donors (Lipinski definition) is 0. The van der Waals surface area contributed by atoms with E-state index in [2.05, 4.69) is 0 Å². The molecule has 1 radical (unpaired) electrons. The Morgan fingerprint density at radius 3 is 2.18 bits per heavy atom. The maximum atomic E-state index is 12.1. The largest absolute Gasteiger partial charge is 0.416 e. The predicted molar refractivity (Wildman–Crippen MR) is 30.2 cm³/mol. The molecule has 0 amide bonds. The SMILES string of the molecule is Fc1[c]cc(C(F)(F)F)cc1. The molecule has 4 heteroatoms. The van der Waals surface area contributed by atoms with Crippen LogP contribution in [0.1, 0.15) is 5.56 Å². The van der Waals surface area contributed by atoms with Crippen molar-refractivity contribution >= 4 is 0 Å². The molecule has 0 atom stereocenters. The first-order chi connectivity index (χ1) is 5.00. The number of hydrogen-bond acceptors (Lipinski definition) is 0. The minimum Gasteiger partial charge on any atom is -0.206 e. The fourth-order valence-corrected chi connectivity index (χ4v) is 0.582. The lowest BCUT2D eigenvalue weighted by Gasteiger charge is -2.04. The number of alkyl halides is 3. The summed E-state index contributed by atoms with van der Waals surface area (Å²) in [6.45, 7) is 0. The summed E-state index contributed by atoms with van der Waals surface area (Å²) < 4.78 is 47.4. The molecule has 0 spiro atoms. The molecule has 0 bridgehead atoms. The second kappa shape index (κ2) is 2.53. The molecular formula is C7H3F4. The van der Waals surface area contributed by atoms with Gasteiger partial charge in [0.1, 0.15) is 5.82 Å². The molecule has 0 aromatic heterocycles. The van der Waals surface area contributed by atoms with Crippen molar-refractivity contribution in [2.24, 2.45) is 0 Å². The van der Waals surface area contributed by atoms with Crippen LogP contribution in [0, 0.1) is 11.9 Å². The van der Waals surface area contributed by atoms with Gasteiger partial charge in [0.25, 0.3) is 0 Å². The summed E-state index contributed by atoms with van der Waals surface area (Å²) in [6.07, 6.45) is -4.41. The van der Waals surface area contributed by atoms with Crippen LogP contribution in [0.2, 0.25) is 0 Å². The molecule has 0 heterocycles. The number of benzene rings is 1. The standard InChI is InChI=1S/C7H3F4/c8-6-3-1-5(2-4-6)7(9,10)11/h1-3H. The maximum absolute atomic E-state index is 12.1. The lowest BCUT2D eigenvalue weighted by Crippen LogP contribution is -2.04. The highest BCUT2D eigenvalue weighted by atomic mass is 19.4. The van der Waals surface area contributed by atoms with Gasteiger partial charge >= 0.3 is 6.18 Å². The van der Waals surface area contributed by atoms with Gasteiger partial charge < -0.3 is 0 Å². The summed E-state index contributed by atoms with van der Waals surface area (Å²) >= 11 is 0. The van der Waals surface area contributed by atoms with Gasteiger partial charge in [0.15, 0.2) is 0 Å². The van der Waals surface area contributed by atoms with Crippen LogP contribution in [0.25, 0.3) is 0 Å². The zero-order valence-electron chi connectivity index (χ0n) is 5.24. The summed E-state index contributed by atoms with van der Waals surface area (Å²) in [5.74, 6) is -0.794. The smallest absolute Gasteiger partial charge is 0.206 e. The molecule has 1 rings (SSSR count). The Bertz CT molecular complexity index is 234. The molecule has 0 saturated heterocycles. The van der Waals surface area contributed by atoms with Gasteiger partial charge in [-0.2, -0.15) is 13.2 Å². The molecule has 0 unspecified atom stereocenters. The quantitative estimate of drug-likeness (QED) is 0.515. The van der Waals surface area contributed by atoms with E-state index < -0.39 is 17.6 Å². The van der Waals surface area contributed by atoms with Crippen molar-refractivity contribution < 1.29 is 17.6 Å². The van der Waals surface area contributed by atoms with E-state index in [1.165, 1.54) is 0 Å². The first kappa shape index (κ1) is 8.04. The molecule has 0 N–H and O–H groups in total. The molecule has 59 valence electrons. The topological polar surface area (TPSA) is 0 Å². The van der Waals surface area contributed by atoms with Gasteiger partial charge in [0.2, 0.25) is 0 Å². The molecule has 0 saturated carbocycles.